The molecule has 100 valence electrons. The van der Waals surface area contributed by atoms with Crippen molar-refractivity contribution in [2.24, 2.45) is 0 Å². The number of aromatic amines is 1. The monoisotopic (exact) mass is 345 g/mol. The van der Waals surface area contributed by atoms with Crippen LogP contribution in [0.25, 0.3) is 17.1 Å². The van der Waals surface area contributed by atoms with Crippen molar-refractivity contribution in [2.75, 3.05) is 0 Å². The normalized spacial score (nSPS) is 10.7. The highest BCUT2D eigenvalue weighted by atomic mass is 79.9. The SMILES string of the molecule is Cc1ccc(Br)c(-n2c(-c3ccccc3)n[nH]c2=S)c1. The number of H-pyrrole nitrogens is 1. The molecule has 0 fully saturated rings. The van der Waals surface area contributed by atoms with Gasteiger partial charge in [0.05, 0.1) is 5.69 Å². The van der Waals surface area contributed by atoms with Gasteiger partial charge in [0.1, 0.15) is 0 Å². The van der Waals surface area contributed by atoms with Crippen LogP contribution in [0.2, 0.25) is 0 Å². The van der Waals surface area contributed by atoms with E-state index >= 15 is 0 Å². The number of halogens is 1. The van der Waals surface area contributed by atoms with Gasteiger partial charge >= 0.3 is 0 Å². The van der Waals surface area contributed by atoms with Crippen LogP contribution in [0.3, 0.4) is 0 Å². The van der Waals surface area contributed by atoms with Crippen LogP contribution in [0.1, 0.15) is 5.56 Å². The summed E-state index contributed by atoms with van der Waals surface area (Å²) in [6.07, 6.45) is 0. The van der Waals surface area contributed by atoms with E-state index in [4.69, 9.17) is 12.2 Å². The Hall–Kier alpha value is -1.72. The van der Waals surface area contributed by atoms with E-state index in [1.807, 2.05) is 41.0 Å². The molecular formula is C15H12BrN3S. The highest BCUT2D eigenvalue weighted by molar-refractivity contribution is 9.10. The Morgan fingerprint density at radius 3 is 2.65 bits per heavy atom. The average Bonchev–Trinajstić information content (AvgIpc) is 2.84. The van der Waals surface area contributed by atoms with Gasteiger partial charge in [-0.15, -0.1) is 0 Å². The highest BCUT2D eigenvalue weighted by Crippen LogP contribution is 2.27. The Morgan fingerprint density at radius 1 is 1.15 bits per heavy atom. The first-order valence-electron chi connectivity index (χ1n) is 6.16. The zero-order valence-corrected chi connectivity index (χ0v) is 13.2. The minimum absolute atomic E-state index is 0.579. The number of benzene rings is 2. The molecule has 0 unspecified atom stereocenters. The van der Waals surface area contributed by atoms with Gasteiger partial charge < -0.3 is 0 Å². The summed E-state index contributed by atoms with van der Waals surface area (Å²) < 4.78 is 3.51. The van der Waals surface area contributed by atoms with Crippen molar-refractivity contribution in [3.05, 3.63) is 63.3 Å². The van der Waals surface area contributed by atoms with Crippen LogP contribution >= 0.6 is 28.1 Å². The summed E-state index contributed by atoms with van der Waals surface area (Å²) in [5.74, 6) is 0.807. The smallest absolute Gasteiger partial charge is 0.200 e. The van der Waals surface area contributed by atoms with Gasteiger partial charge in [-0.1, -0.05) is 36.4 Å². The Kier molecular flexibility index (Phi) is 3.54. The second kappa shape index (κ2) is 5.34. The first-order valence-corrected chi connectivity index (χ1v) is 7.36. The fraction of sp³-hybridized carbons (Fsp3) is 0.0667. The summed E-state index contributed by atoms with van der Waals surface area (Å²) in [5, 5.41) is 7.23. The van der Waals surface area contributed by atoms with E-state index in [0.29, 0.717) is 4.77 Å². The molecule has 2 aromatic carbocycles. The third kappa shape index (κ3) is 2.34. The number of nitrogens with zero attached hydrogens (tertiary/aromatic N) is 2. The third-order valence-electron chi connectivity index (χ3n) is 3.05. The quantitative estimate of drug-likeness (QED) is 0.684. The van der Waals surface area contributed by atoms with Crippen LogP contribution < -0.4 is 0 Å². The van der Waals surface area contributed by atoms with Gasteiger partial charge in [0, 0.05) is 10.0 Å². The summed E-state index contributed by atoms with van der Waals surface area (Å²) in [4.78, 5) is 0. The van der Waals surface area contributed by atoms with E-state index in [1.54, 1.807) is 0 Å². The fourth-order valence-electron chi connectivity index (χ4n) is 2.10. The molecule has 1 N–H and O–H groups in total. The summed E-state index contributed by atoms with van der Waals surface area (Å²) >= 11 is 8.97. The summed E-state index contributed by atoms with van der Waals surface area (Å²) in [6, 6.07) is 16.2. The van der Waals surface area contributed by atoms with Gasteiger partial charge in [0.25, 0.3) is 0 Å². The molecule has 0 spiro atoms. The minimum atomic E-state index is 0.579. The molecule has 0 aliphatic heterocycles. The first kappa shape index (κ1) is 13.3. The molecule has 0 aliphatic carbocycles. The average molecular weight is 346 g/mol. The van der Waals surface area contributed by atoms with Crippen molar-refractivity contribution in [1.29, 1.82) is 0 Å². The molecule has 3 aromatic rings. The predicted molar refractivity (Wildman–Crippen MR) is 86.6 cm³/mol. The van der Waals surface area contributed by atoms with Gasteiger partial charge in [-0.2, -0.15) is 5.10 Å². The van der Waals surface area contributed by atoms with Crippen LogP contribution in [0.4, 0.5) is 0 Å². The van der Waals surface area contributed by atoms with Crippen molar-refractivity contribution in [1.82, 2.24) is 14.8 Å². The summed E-state index contributed by atoms with van der Waals surface area (Å²) in [7, 11) is 0. The van der Waals surface area contributed by atoms with Crippen LogP contribution in [-0.2, 0) is 0 Å². The number of aromatic nitrogens is 3. The molecule has 0 saturated heterocycles. The molecule has 3 nitrogen and oxygen atoms in total. The molecule has 1 aromatic heterocycles. The summed E-state index contributed by atoms with van der Waals surface area (Å²) in [6.45, 7) is 2.06. The molecule has 0 radical (unpaired) electrons. The van der Waals surface area contributed by atoms with Crippen LogP contribution in [0.15, 0.2) is 53.0 Å². The Morgan fingerprint density at radius 2 is 1.90 bits per heavy atom. The van der Waals surface area contributed by atoms with Gasteiger partial charge in [0.2, 0.25) is 0 Å². The largest absolute Gasteiger partial charge is 0.267 e. The second-order valence-electron chi connectivity index (χ2n) is 4.51. The lowest BCUT2D eigenvalue weighted by atomic mass is 10.2. The minimum Gasteiger partial charge on any atom is -0.267 e. The molecular weight excluding hydrogens is 334 g/mol. The second-order valence-corrected chi connectivity index (χ2v) is 5.75. The number of hydrogen-bond acceptors (Lipinski definition) is 2. The van der Waals surface area contributed by atoms with Crippen molar-refractivity contribution >= 4 is 28.1 Å². The Bertz CT molecular complexity index is 805. The molecule has 3 rings (SSSR count). The lowest BCUT2D eigenvalue weighted by Gasteiger charge is -2.10. The van der Waals surface area contributed by atoms with Gasteiger partial charge in [-0.3, -0.25) is 9.67 Å². The molecule has 5 heteroatoms. The van der Waals surface area contributed by atoms with Crippen LogP contribution in [0, 0.1) is 11.7 Å². The zero-order valence-electron chi connectivity index (χ0n) is 10.8. The fourth-order valence-corrected chi connectivity index (χ4v) is 2.75. The van der Waals surface area contributed by atoms with E-state index in [9.17, 15) is 0 Å². The predicted octanol–water partition coefficient (Wildman–Crippen LogP) is 4.67. The third-order valence-corrected chi connectivity index (χ3v) is 3.99. The summed E-state index contributed by atoms with van der Waals surface area (Å²) in [5.41, 5.74) is 3.18. The van der Waals surface area contributed by atoms with Crippen molar-refractivity contribution in [3.8, 4) is 17.1 Å². The molecule has 0 atom stereocenters. The number of rotatable bonds is 2. The van der Waals surface area contributed by atoms with Gasteiger partial charge in [-0.25, -0.2) is 0 Å². The standard InChI is InChI=1S/C15H12BrN3S/c1-10-7-8-12(16)13(9-10)19-14(17-18-15(19)20)11-5-3-2-4-6-11/h2-9H,1H3,(H,18,20). The first-order chi connectivity index (χ1) is 9.66. The zero-order chi connectivity index (χ0) is 14.1. The number of aryl methyl sites for hydroxylation is 1. The molecule has 20 heavy (non-hydrogen) atoms. The maximum atomic E-state index is 5.38. The molecule has 0 bridgehead atoms. The highest BCUT2D eigenvalue weighted by Gasteiger charge is 2.12. The van der Waals surface area contributed by atoms with E-state index in [-0.39, 0.29) is 0 Å². The van der Waals surface area contributed by atoms with Gasteiger partial charge in [0.15, 0.2) is 10.6 Å². The molecule has 0 saturated carbocycles. The molecule has 1 heterocycles. The lowest BCUT2D eigenvalue weighted by Crippen LogP contribution is -1.99. The maximum absolute atomic E-state index is 5.38. The van der Waals surface area contributed by atoms with Crippen molar-refractivity contribution in [2.45, 2.75) is 6.92 Å². The maximum Gasteiger partial charge on any atom is 0.200 e. The molecule has 0 aliphatic rings. The Balaban J connectivity index is 2.27. The number of nitrogens with one attached hydrogen (secondary N) is 1. The van der Waals surface area contributed by atoms with E-state index in [0.717, 1.165) is 21.5 Å². The topological polar surface area (TPSA) is 33.6 Å². The van der Waals surface area contributed by atoms with Crippen molar-refractivity contribution in [3.63, 3.8) is 0 Å². The van der Waals surface area contributed by atoms with Crippen LogP contribution in [0.5, 0.6) is 0 Å². The van der Waals surface area contributed by atoms with E-state index in [1.165, 1.54) is 5.56 Å². The number of hydrogen-bond donors (Lipinski definition) is 1. The van der Waals surface area contributed by atoms with E-state index < -0.39 is 0 Å². The van der Waals surface area contributed by atoms with Gasteiger partial charge in [-0.05, 0) is 52.8 Å². The van der Waals surface area contributed by atoms with E-state index in [2.05, 4.69) is 45.2 Å². The van der Waals surface area contributed by atoms with Crippen LogP contribution in [-0.4, -0.2) is 14.8 Å². The lowest BCUT2D eigenvalue weighted by molar-refractivity contribution is 1.03. The van der Waals surface area contributed by atoms with Crippen molar-refractivity contribution < 1.29 is 0 Å². The molecule has 0 amide bonds. The Labute approximate surface area is 130 Å².